The lowest BCUT2D eigenvalue weighted by molar-refractivity contribution is -0.277. The van der Waals surface area contributed by atoms with Crippen molar-refractivity contribution in [3.63, 3.8) is 0 Å². The van der Waals surface area contributed by atoms with E-state index in [9.17, 15) is 9.59 Å². The van der Waals surface area contributed by atoms with Gasteiger partial charge in [0, 0.05) is 19.8 Å². The lowest BCUT2D eigenvalue weighted by Gasteiger charge is -2.54. The molecule has 0 aliphatic carbocycles. The number of carbonyl (C=O) groups is 2. The molecule has 110 valence electrons. The van der Waals surface area contributed by atoms with Gasteiger partial charge in [0.25, 0.3) is 0 Å². The molecule has 1 atom stereocenters. The summed E-state index contributed by atoms with van der Waals surface area (Å²) < 4.78 is 5.40. The minimum atomic E-state index is -0.356. The van der Waals surface area contributed by atoms with E-state index in [0.717, 1.165) is 12.8 Å². The number of ether oxygens (including phenoxy) is 1. The van der Waals surface area contributed by atoms with Gasteiger partial charge in [0.1, 0.15) is 6.10 Å². The van der Waals surface area contributed by atoms with Crippen molar-refractivity contribution >= 4 is 12.4 Å². The van der Waals surface area contributed by atoms with Crippen molar-refractivity contribution < 1.29 is 19.2 Å². The maximum absolute atomic E-state index is 11.2. The molecule has 0 aromatic heterocycles. The number of hydrogen-bond acceptors (Lipinski definition) is 5. The van der Waals surface area contributed by atoms with E-state index in [1.807, 2.05) is 13.8 Å². The molecule has 0 bridgehead atoms. The molecule has 1 unspecified atom stereocenters. The number of hydroxylamine groups is 2. The van der Waals surface area contributed by atoms with Gasteiger partial charge in [-0.15, -0.1) is 5.06 Å². The van der Waals surface area contributed by atoms with Crippen LogP contribution in [0, 0.1) is 0 Å². The molecule has 19 heavy (non-hydrogen) atoms. The minimum Gasteiger partial charge on any atom is -0.462 e. The van der Waals surface area contributed by atoms with Gasteiger partial charge in [-0.05, 0) is 26.7 Å². The zero-order valence-electron chi connectivity index (χ0n) is 12.6. The molecule has 0 saturated carbocycles. The highest BCUT2D eigenvalue weighted by atomic mass is 16.7. The molecule has 1 rings (SSSR count). The normalized spacial score (nSPS) is 25.6. The van der Waals surface area contributed by atoms with E-state index in [1.165, 1.54) is 6.92 Å². The molecular formula is C14H25NO4. The quantitative estimate of drug-likeness (QED) is 0.568. The molecule has 0 aromatic rings. The first-order valence-electron chi connectivity index (χ1n) is 6.89. The highest BCUT2D eigenvalue weighted by molar-refractivity contribution is 5.66. The van der Waals surface area contributed by atoms with Crippen molar-refractivity contribution in [3.8, 4) is 0 Å². The molecule has 0 aromatic carbocycles. The maximum Gasteiger partial charge on any atom is 0.313 e. The molecule has 5 nitrogen and oxygen atoms in total. The van der Waals surface area contributed by atoms with Gasteiger partial charge in [-0.3, -0.25) is 9.59 Å². The van der Waals surface area contributed by atoms with Crippen LogP contribution in [0.25, 0.3) is 0 Å². The second kappa shape index (κ2) is 5.90. The van der Waals surface area contributed by atoms with Crippen LogP contribution < -0.4 is 0 Å². The van der Waals surface area contributed by atoms with E-state index < -0.39 is 0 Å². The molecule has 0 radical (unpaired) electrons. The lowest BCUT2D eigenvalue weighted by Crippen LogP contribution is -2.64. The van der Waals surface area contributed by atoms with Gasteiger partial charge in [-0.1, -0.05) is 13.8 Å². The minimum absolute atomic E-state index is 0.126. The zero-order valence-corrected chi connectivity index (χ0v) is 12.6. The first-order chi connectivity index (χ1) is 8.81. The van der Waals surface area contributed by atoms with Crippen LogP contribution in [-0.2, 0) is 19.2 Å². The highest BCUT2D eigenvalue weighted by Crippen LogP contribution is 2.43. The van der Waals surface area contributed by atoms with Gasteiger partial charge in [0.15, 0.2) is 0 Å². The molecule has 0 amide bonds. The fraction of sp³-hybridized carbons (Fsp3) is 0.857. The van der Waals surface area contributed by atoms with Crippen molar-refractivity contribution in [3.05, 3.63) is 0 Å². The number of rotatable bonds is 5. The largest absolute Gasteiger partial charge is 0.462 e. The Morgan fingerprint density at radius 1 is 1.32 bits per heavy atom. The van der Waals surface area contributed by atoms with Gasteiger partial charge in [-0.25, -0.2) is 0 Å². The second-order valence-corrected chi connectivity index (χ2v) is 5.88. The van der Waals surface area contributed by atoms with Gasteiger partial charge in [0.2, 0.25) is 0 Å². The van der Waals surface area contributed by atoms with Gasteiger partial charge >= 0.3 is 12.4 Å². The standard InChI is InChI=1S/C14H25NO4/c1-6-14(7-2)9-12(19-11(3)17)8-13(4,5)15(14)18-10-16/h10,12H,6-9H2,1-5H3. The Balaban J connectivity index is 3.06. The first kappa shape index (κ1) is 16.0. The molecule has 1 aliphatic rings. The van der Waals surface area contributed by atoms with E-state index in [2.05, 4.69) is 13.8 Å². The summed E-state index contributed by atoms with van der Waals surface area (Å²) in [5.74, 6) is -0.258. The van der Waals surface area contributed by atoms with E-state index >= 15 is 0 Å². The molecule has 1 fully saturated rings. The van der Waals surface area contributed by atoms with Crippen LogP contribution in [-0.4, -0.2) is 34.7 Å². The first-order valence-corrected chi connectivity index (χ1v) is 6.89. The van der Waals surface area contributed by atoms with Crippen LogP contribution >= 0.6 is 0 Å². The molecule has 1 aliphatic heterocycles. The monoisotopic (exact) mass is 271 g/mol. The van der Waals surface area contributed by atoms with Crippen molar-refractivity contribution in [1.29, 1.82) is 0 Å². The molecular weight excluding hydrogens is 246 g/mol. The van der Waals surface area contributed by atoms with E-state index in [-0.39, 0.29) is 23.2 Å². The summed E-state index contributed by atoms with van der Waals surface area (Å²) in [5.41, 5.74) is -0.631. The van der Waals surface area contributed by atoms with E-state index in [0.29, 0.717) is 19.3 Å². The van der Waals surface area contributed by atoms with E-state index in [4.69, 9.17) is 9.57 Å². The second-order valence-electron chi connectivity index (χ2n) is 5.88. The smallest absolute Gasteiger partial charge is 0.313 e. The van der Waals surface area contributed by atoms with Crippen LogP contribution in [0.3, 0.4) is 0 Å². The Labute approximate surface area is 115 Å². The van der Waals surface area contributed by atoms with Gasteiger partial charge in [0.05, 0.1) is 11.1 Å². The van der Waals surface area contributed by atoms with Crippen LogP contribution in [0.1, 0.15) is 60.3 Å². The Hall–Kier alpha value is -1.10. The number of nitrogens with zero attached hydrogens (tertiary/aromatic N) is 1. The maximum atomic E-state index is 11.2. The third kappa shape index (κ3) is 3.26. The Morgan fingerprint density at radius 3 is 2.32 bits per heavy atom. The average Bonchev–Trinajstić information content (AvgIpc) is 2.31. The number of hydrogen-bond donors (Lipinski definition) is 0. The summed E-state index contributed by atoms with van der Waals surface area (Å²) in [4.78, 5) is 27.2. The van der Waals surface area contributed by atoms with Crippen molar-refractivity contribution in [2.24, 2.45) is 0 Å². The molecule has 1 saturated heterocycles. The predicted octanol–water partition coefficient (Wildman–Crippen LogP) is 2.44. The summed E-state index contributed by atoms with van der Waals surface area (Å²) in [7, 11) is 0. The van der Waals surface area contributed by atoms with Crippen molar-refractivity contribution in [1.82, 2.24) is 5.06 Å². The third-order valence-corrected chi connectivity index (χ3v) is 4.11. The molecule has 0 N–H and O–H groups in total. The highest BCUT2D eigenvalue weighted by Gasteiger charge is 2.51. The zero-order chi connectivity index (χ0) is 14.7. The number of piperidine rings is 1. The Kier molecular flexibility index (Phi) is 4.96. The van der Waals surface area contributed by atoms with Gasteiger partial charge < -0.3 is 9.57 Å². The van der Waals surface area contributed by atoms with Crippen LogP contribution in [0.2, 0.25) is 0 Å². The van der Waals surface area contributed by atoms with Crippen LogP contribution in [0.4, 0.5) is 0 Å². The molecule has 5 heteroatoms. The summed E-state index contributed by atoms with van der Waals surface area (Å²) in [5, 5.41) is 1.80. The molecule has 0 spiro atoms. The van der Waals surface area contributed by atoms with Crippen molar-refractivity contribution in [2.45, 2.75) is 77.5 Å². The fourth-order valence-corrected chi connectivity index (χ4v) is 3.30. The molecule has 1 heterocycles. The fourth-order valence-electron chi connectivity index (χ4n) is 3.30. The number of esters is 1. The third-order valence-electron chi connectivity index (χ3n) is 4.11. The van der Waals surface area contributed by atoms with Gasteiger partial charge in [-0.2, -0.15) is 0 Å². The summed E-state index contributed by atoms with van der Waals surface area (Å²) in [6, 6.07) is 0. The van der Waals surface area contributed by atoms with Crippen LogP contribution in [0.5, 0.6) is 0 Å². The average molecular weight is 271 g/mol. The predicted molar refractivity (Wildman–Crippen MR) is 71.2 cm³/mol. The van der Waals surface area contributed by atoms with E-state index in [1.54, 1.807) is 5.06 Å². The number of carbonyl (C=O) groups excluding carboxylic acids is 2. The van der Waals surface area contributed by atoms with Crippen LogP contribution in [0.15, 0.2) is 0 Å². The Morgan fingerprint density at radius 2 is 1.89 bits per heavy atom. The summed E-state index contributed by atoms with van der Waals surface area (Å²) >= 11 is 0. The topological polar surface area (TPSA) is 55.8 Å². The Bertz CT molecular complexity index is 336. The lowest BCUT2D eigenvalue weighted by atomic mass is 9.75. The summed E-state index contributed by atoms with van der Waals surface area (Å²) in [6.45, 7) is 10.1. The SMILES string of the molecule is CCC1(CC)CC(OC(C)=O)CC(C)(C)N1OC=O. The van der Waals surface area contributed by atoms with Crippen molar-refractivity contribution in [2.75, 3.05) is 0 Å². The summed E-state index contributed by atoms with van der Waals surface area (Å²) in [6.07, 6.45) is 2.88.